The summed E-state index contributed by atoms with van der Waals surface area (Å²) >= 11 is 0. The molecule has 0 saturated heterocycles. The lowest BCUT2D eigenvalue weighted by Crippen LogP contribution is -2.14. The van der Waals surface area contributed by atoms with Crippen LogP contribution in [-0.2, 0) is 0 Å². The van der Waals surface area contributed by atoms with E-state index in [1.807, 2.05) is 26.2 Å². The topological polar surface area (TPSA) is 20.3 Å². The van der Waals surface area contributed by atoms with Gasteiger partial charge in [-0.25, -0.2) is 0 Å². The minimum Gasteiger partial charge on any atom is -0.377 e. The molecule has 2 heteroatoms. The molecule has 0 N–H and O–H groups in total. The van der Waals surface area contributed by atoms with E-state index in [4.69, 9.17) is 0 Å². The second-order valence-electron chi connectivity index (χ2n) is 7.58. The maximum Gasteiger partial charge on any atom is 0.165 e. The number of carbonyl (C=O) groups is 1. The third-order valence-corrected chi connectivity index (χ3v) is 5.18. The van der Waals surface area contributed by atoms with E-state index in [9.17, 15) is 4.79 Å². The van der Waals surface area contributed by atoms with Gasteiger partial charge >= 0.3 is 0 Å². The van der Waals surface area contributed by atoms with Gasteiger partial charge in [-0.2, -0.15) is 0 Å². The van der Waals surface area contributed by atoms with Crippen LogP contribution in [0.3, 0.4) is 0 Å². The van der Waals surface area contributed by atoms with Gasteiger partial charge in [0.25, 0.3) is 0 Å². The number of unbranched alkanes of at least 4 members (excludes halogenated alkanes) is 8. The molecule has 0 heterocycles. The molecule has 0 bridgehead atoms. The smallest absolute Gasteiger partial charge is 0.165 e. The molecule has 0 aliphatic heterocycles. The van der Waals surface area contributed by atoms with Crippen molar-refractivity contribution < 1.29 is 4.79 Å². The maximum atomic E-state index is 13.0. The van der Waals surface area contributed by atoms with Crippen molar-refractivity contribution in [1.82, 2.24) is 0 Å². The summed E-state index contributed by atoms with van der Waals surface area (Å²) in [6.45, 7) is 2.26. The van der Waals surface area contributed by atoms with Gasteiger partial charge in [-0.15, -0.1) is 0 Å². The van der Waals surface area contributed by atoms with E-state index in [1.165, 1.54) is 51.4 Å². The molecule has 0 unspecified atom stereocenters. The molecular formula is C24H35NO. The predicted molar refractivity (Wildman–Crippen MR) is 114 cm³/mol. The van der Waals surface area contributed by atoms with Crippen molar-refractivity contribution in [3.8, 4) is 0 Å². The fraction of sp³-hybridized carbons (Fsp3) is 0.542. The first kappa shape index (κ1) is 20.5. The van der Waals surface area contributed by atoms with E-state index in [1.54, 1.807) is 0 Å². The number of nitrogens with zero attached hydrogens (tertiary/aromatic N) is 1. The molecule has 0 aromatic heterocycles. The van der Waals surface area contributed by atoms with Gasteiger partial charge in [-0.05, 0) is 23.3 Å². The Kier molecular flexibility index (Phi) is 8.67. The summed E-state index contributed by atoms with van der Waals surface area (Å²) in [6.07, 6.45) is 12.2. The third kappa shape index (κ3) is 5.86. The van der Waals surface area contributed by atoms with E-state index in [0.717, 1.165) is 28.4 Å². The molecule has 0 fully saturated rings. The number of Topliss-reactive ketones (excluding diaryl/α,β-unsaturated/α-hetero) is 1. The summed E-state index contributed by atoms with van der Waals surface area (Å²) in [6, 6.07) is 12.4. The Balaban J connectivity index is 1.88. The van der Waals surface area contributed by atoms with Crippen LogP contribution in [0.4, 0.5) is 5.69 Å². The van der Waals surface area contributed by atoms with Gasteiger partial charge in [0.2, 0.25) is 0 Å². The summed E-state index contributed by atoms with van der Waals surface area (Å²) in [7, 11) is 4.03. The Bertz CT molecular complexity index is 690. The first-order chi connectivity index (χ1) is 12.6. The number of rotatable bonds is 12. The van der Waals surface area contributed by atoms with Crippen LogP contribution in [0.25, 0.3) is 10.8 Å². The molecule has 26 heavy (non-hydrogen) atoms. The van der Waals surface area contributed by atoms with Crippen LogP contribution >= 0.6 is 0 Å². The van der Waals surface area contributed by atoms with Crippen LogP contribution in [0.1, 0.15) is 81.5 Å². The summed E-state index contributed by atoms with van der Waals surface area (Å²) < 4.78 is 0. The van der Waals surface area contributed by atoms with Crippen molar-refractivity contribution in [2.24, 2.45) is 0 Å². The summed E-state index contributed by atoms with van der Waals surface area (Å²) in [5, 5.41) is 2.23. The van der Waals surface area contributed by atoms with Crippen LogP contribution in [0.15, 0.2) is 36.4 Å². The monoisotopic (exact) mass is 353 g/mol. The summed E-state index contributed by atoms with van der Waals surface area (Å²) in [4.78, 5) is 15.0. The second kappa shape index (κ2) is 11.0. The van der Waals surface area contributed by atoms with Gasteiger partial charge in [-0.3, -0.25) is 4.79 Å². The van der Waals surface area contributed by atoms with Gasteiger partial charge in [-0.1, -0.05) is 88.6 Å². The normalized spacial score (nSPS) is 11.0. The highest BCUT2D eigenvalue weighted by atomic mass is 16.1. The van der Waals surface area contributed by atoms with Crippen molar-refractivity contribution in [1.29, 1.82) is 0 Å². The molecule has 0 radical (unpaired) electrons. The Morgan fingerprint density at radius 2 is 1.42 bits per heavy atom. The van der Waals surface area contributed by atoms with Crippen LogP contribution in [0.5, 0.6) is 0 Å². The molecular weight excluding hydrogens is 318 g/mol. The van der Waals surface area contributed by atoms with Crippen molar-refractivity contribution in [2.75, 3.05) is 19.0 Å². The molecule has 0 aliphatic rings. The number of benzene rings is 2. The average molecular weight is 354 g/mol. The highest BCUT2D eigenvalue weighted by Gasteiger charge is 2.16. The van der Waals surface area contributed by atoms with Crippen LogP contribution in [-0.4, -0.2) is 19.9 Å². The van der Waals surface area contributed by atoms with E-state index in [-0.39, 0.29) is 5.78 Å². The highest BCUT2D eigenvalue weighted by molar-refractivity contribution is 6.12. The van der Waals surface area contributed by atoms with Gasteiger partial charge in [0.05, 0.1) is 0 Å². The van der Waals surface area contributed by atoms with Crippen molar-refractivity contribution in [2.45, 2.75) is 71.1 Å². The second-order valence-corrected chi connectivity index (χ2v) is 7.58. The van der Waals surface area contributed by atoms with Gasteiger partial charge in [0.15, 0.2) is 5.78 Å². The summed E-state index contributed by atoms with van der Waals surface area (Å²) in [5.41, 5.74) is 1.93. The molecule has 0 saturated carbocycles. The number of ketones is 1. The Labute approximate surface area is 159 Å². The minimum atomic E-state index is 0.286. The Morgan fingerprint density at radius 3 is 2.08 bits per heavy atom. The zero-order valence-corrected chi connectivity index (χ0v) is 16.9. The lowest BCUT2D eigenvalue weighted by Gasteiger charge is -2.19. The molecule has 2 rings (SSSR count). The largest absolute Gasteiger partial charge is 0.377 e. The number of hydrogen-bond donors (Lipinski definition) is 0. The van der Waals surface area contributed by atoms with E-state index in [2.05, 4.69) is 36.1 Å². The van der Waals surface area contributed by atoms with Crippen LogP contribution in [0, 0.1) is 0 Å². The lowest BCUT2D eigenvalue weighted by atomic mass is 9.95. The fourth-order valence-corrected chi connectivity index (χ4v) is 3.65. The van der Waals surface area contributed by atoms with Crippen LogP contribution < -0.4 is 4.90 Å². The molecule has 0 spiro atoms. The molecule has 2 aromatic carbocycles. The molecule has 0 amide bonds. The van der Waals surface area contributed by atoms with Crippen molar-refractivity contribution >= 4 is 22.2 Å². The summed E-state index contributed by atoms with van der Waals surface area (Å²) in [5.74, 6) is 0.286. The number of fused-ring (bicyclic) bond motifs is 1. The number of anilines is 1. The lowest BCUT2D eigenvalue weighted by molar-refractivity contribution is 0.0981. The maximum absolute atomic E-state index is 13.0. The first-order valence-corrected chi connectivity index (χ1v) is 10.4. The molecule has 2 nitrogen and oxygen atoms in total. The van der Waals surface area contributed by atoms with E-state index >= 15 is 0 Å². The zero-order chi connectivity index (χ0) is 18.8. The molecule has 0 atom stereocenters. The van der Waals surface area contributed by atoms with Crippen molar-refractivity contribution in [3.63, 3.8) is 0 Å². The number of hydrogen-bond acceptors (Lipinski definition) is 2. The van der Waals surface area contributed by atoms with E-state index in [0.29, 0.717) is 6.42 Å². The molecule has 0 aliphatic carbocycles. The Morgan fingerprint density at radius 1 is 0.808 bits per heavy atom. The van der Waals surface area contributed by atoms with Gasteiger partial charge < -0.3 is 4.90 Å². The SMILES string of the molecule is CCCCCCCCCCCC(=O)c1c(N(C)C)ccc2ccccc12. The van der Waals surface area contributed by atoms with Crippen molar-refractivity contribution in [3.05, 3.63) is 42.0 Å². The fourth-order valence-electron chi connectivity index (χ4n) is 3.65. The van der Waals surface area contributed by atoms with Gasteiger partial charge in [0.1, 0.15) is 0 Å². The van der Waals surface area contributed by atoms with Gasteiger partial charge in [0, 0.05) is 31.8 Å². The van der Waals surface area contributed by atoms with Crippen LogP contribution in [0.2, 0.25) is 0 Å². The quantitative estimate of drug-likeness (QED) is 0.302. The highest BCUT2D eigenvalue weighted by Crippen LogP contribution is 2.29. The molecule has 142 valence electrons. The zero-order valence-electron chi connectivity index (χ0n) is 16.9. The van der Waals surface area contributed by atoms with E-state index < -0.39 is 0 Å². The average Bonchev–Trinajstić information content (AvgIpc) is 2.65. The minimum absolute atomic E-state index is 0.286. The molecule has 2 aromatic rings. The third-order valence-electron chi connectivity index (χ3n) is 5.18. The number of carbonyl (C=O) groups excluding carboxylic acids is 1. The first-order valence-electron chi connectivity index (χ1n) is 10.4. The standard InChI is InChI=1S/C24H35NO/c1-4-5-6-7-8-9-10-11-12-17-23(26)24-21-16-14-13-15-20(21)18-19-22(24)25(2)3/h13-16,18-19H,4-12,17H2,1-3H3. The Hall–Kier alpha value is -1.83. The predicted octanol–water partition coefficient (Wildman–Crippen LogP) is 7.01.